The monoisotopic (exact) mass is 532 g/mol. The molecule has 1 atom stereocenters. The first-order chi connectivity index (χ1) is 13.8. The Balaban J connectivity index is 0.00000450. The van der Waals surface area contributed by atoms with Gasteiger partial charge >= 0.3 is 0 Å². The maximum atomic E-state index is 12.1. The van der Waals surface area contributed by atoms with E-state index in [-0.39, 0.29) is 48.1 Å². The van der Waals surface area contributed by atoms with Crippen molar-refractivity contribution in [2.45, 2.75) is 65.6 Å². The van der Waals surface area contributed by atoms with E-state index in [4.69, 9.17) is 9.47 Å². The molecule has 30 heavy (non-hydrogen) atoms. The lowest BCUT2D eigenvalue weighted by molar-refractivity contribution is -0.121. The lowest BCUT2D eigenvalue weighted by Crippen LogP contribution is -2.48. The Labute approximate surface area is 197 Å². The zero-order valence-electron chi connectivity index (χ0n) is 18.8. The summed E-state index contributed by atoms with van der Waals surface area (Å²) >= 11 is 0. The minimum Gasteiger partial charge on any atom is -0.491 e. The van der Waals surface area contributed by atoms with Gasteiger partial charge in [0.2, 0.25) is 5.91 Å². The van der Waals surface area contributed by atoms with Gasteiger partial charge in [-0.3, -0.25) is 4.79 Å². The largest absolute Gasteiger partial charge is 0.491 e. The van der Waals surface area contributed by atoms with E-state index in [1.807, 2.05) is 46.8 Å². The van der Waals surface area contributed by atoms with Crippen LogP contribution in [0.25, 0.3) is 0 Å². The van der Waals surface area contributed by atoms with Crippen LogP contribution in [0.1, 0.15) is 51.7 Å². The average Bonchev–Trinajstić information content (AvgIpc) is 3.15. The number of aryl methyl sites for hydroxylation is 1. The fourth-order valence-electron chi connectivity index (χ4n) is 3.02. The SMILES string of the molecule is CCNC(=NCc1ccc(C)cc1OCC1CCCO1)NCC(=O)NC(C)(C)C.I. The van der Waals surface area contributed by atoms with Crippen molar-refractivity contribution in [3.63, 3.8) is 0 Å². The first-order valence-corrected chi connectivity index (χ1v) is 10.4. The molecule has 0 aromatic heterocycles. The molecule has 0 aliphatic carbocycles. The summed E-state index contributed by atoms with van der Waals surface area (Å²) in [5.74, 6) is 1.37. The number of guanidine groups is 1. The number of nitrogens with one attached hydrogen (secondary N) is 3. The molecule has 1 fully saturated rings. The first-order valence-electron chi connectivity index (χ1n) is 10.4. The van der Waals surface area contributed by atoms with Gasteiger partial charge in [-0.2, -0.15) is 0 Å². The number of nitrogens with zero attached hydrogens (tertiary/aromatic N) is 1. The van der Waals surface area contributed by atoms with Crippen LogP contribution in [0.4, 0.5) is 0 Å². The third-order valence-corrected chi connectivity index (χ3v) is 4.35. The lowest BCUT2D eigenvalue weighted by atomic mass is 10.1. The summed E-state index contributed by atoms with van der Waals surface area (Å²) in [7, 11) is 0. The second kappa shape index (κ2) is 13.0. The van der Waals surface area contributed by atoms with Crippen LogP contribution in [0.5, 0.6) is 5.75 Å². The van der Waals surface area contributed by atoms with Gasteiger partial charge in [0.15, 0.2) is 5.96 Å². The molecule has 1 amide bonds. The third kappa shape index (κ3) is 9.97. The topological polar surface area (TPSA) is 84.0 Å². The van der Waals surface area contributed by atoms with Crippen molar-refractivity contribution in [2.75, 3.05) is 26.3 Å². The smallest absolute Gasteiger partial charge is 0.239 e. The van der Waals surface area contributed by atoms with Crippen molar-refractivity contribution in [3.8, 4) is 5.75 Å². The molecule has 1 saturated heterocycles. The molecule has 170 valence electrons. The van der Waals surface area contributed by atoms with E-state index in [2.05, 4.69) is 27.0 Å². The van der Waals surface area contributed by atoms with Crippen molar-refractivity contribution in [1.82, 2.24) is 16.0 Å². The summed E-state index contributed by atoms with van der Waals surface area (Å²) in [6, 6.07) is 6.14. The molecule has 1 aliphatic rings. The molecule has 1 heterocycles. The highest BCUT2D eigenvalue weighted by Crippen LogP contribution is 2.23. The van der Waals surface area contributed by atoms with Crippen LogP contribution in [-0.4, -0.2) is 49.8 Å². The van der Waals surface area contributed by atoms with Gasteiger partial charge in [0.25, 0.3) is 0 Å². The van der Waals surface area contributed by atoms with E-state index in [0.29, 0.717) is 25.7 Å². The van der Waals surface area contributed by atoms with Gasteiger partial charge in [-0.15, -0.1) is 24.0 Å². The third-order valence-electron chi connectivity index (χ3n) is 4.35. The second-order valence-electron chi connectivity index (χ2n) is 8.40. The summed E-state index contributed by atoms with van der Waals surface area (Å²) in [5.41, 5.74) is 1.89. The molecule has 0 radical (unpaired) electrons. The summed E-state index contributed by atoms with van der Waals surface area (Å²) < 4.78 is 11.7. The van der Waals surface area contributed by atoms with Gasteiger partial charge < -0.3 is 25.4 Å². The van der Waals surface area contributed by atoms with Gasteiger partial charge in [0.05, 0.1) is 19.2 Å². The molecule has 1 aliphatic heterocycles. The molecular weight excluding hydrogens is 495 g/mol. The van der Waals surface area contributed by atoms with E-state index in [1.54, 1.807) is 0 Å². The highest BCUT2D eigenvalue weighted by Gasteiger charge is 2.17. The van der Waals surface area contributed by atoms with Crippen LogP contribution in [-0.2, 0) is 16.1 Å². The summed E-state index contributed by atoms with van der Waals surface area (Å²) in [6.45, 7) is 12.6. The second-order valence-corrected chi connectivity index (χ2v) is 8.40. The number of hydrogen-bond donors (Lipinski definition) is 3. The molecule has 8 heteroatoms. The van der Waals surface area contributed by atoms with E-state index in [9.17, 15) is 4.79 Å². The zero-order valence-corrected chi connectivity index (χ0v) is 21.2. The molecule has 3 N–H and O–H groups in total. The normalized spacial score (nSPS) is 16.6. The number of benzene rings is 1. The van der Waals surface area contributed by atoms with Gasteiger partial charge in [-0.05, 0) is 59.1 Å². The Bertz CT molecular complexity index is 698. The first kappa shape index (κ1) is 26.5. The Morgan fingerprint density at radius 2 is 2.07 bits per heavy atom. The number of hydrogen-bond acceptors (Lipinski definition) is 4. The Hall–Kier alpha value is -1.55. The summed E-state index contributed by atoms with van der Waals surface area (Å²) in [6.07, 6.45) is 2.32. The van der Waals surface area contributed by atoms with E-state index in [0.717, 1.165) is 36.3 Å². The van der Waals surface area contributed by atoms with Gasteiger partial charge in [0.1, 0.15) is 12.4 Å². The maximum absolute atomic E-state index is 12.1. The molecule has 1 aromatic carbocycles. The highest BCUT2D eigenvalue weighted by molar-refractivity contribution is 14.0. The Kier molecular flexibility index (Phi) is 11.5. The molecule has 0 saturated carbocycles. The van der Waals surface area contributed by atoms with Crippen LogP contribution in [0, 0.1) is 6.92 Å². The van der Waals surface area contributed by atoms with Crippen LogP contribution in [0.2, 0.25) is 0 Å². The van der Waals surface area contributed by atoms with Crippen LogP contribution in [0.15, 0.2) is 23.2 Å². The minimum absolute atomic E-state index is 0. The van der Waals surface area contributed by atoms with Crippen molar-refractivity contribution in [1.29, 1.82) is 0 Å². The molecular formula is C22H37IN4O3. The summed E-state index contributed by atoms with van der Waals surface area (Å²) in [5, 5.41) is 9.20. The fraction of sp³-hybridized carbons (Fsp3) is 0.636. The van der Waals surface area contributed by atoms with Gasteiger partial charge in [0, 0.05) is 24.3 Å². The molecule has 2 rings (SSSR count). The fourth-order valence-corrected chi connectivity index (χ4v) is 3.02. The van der Waals surface area contributed by atoms with Crippen molar-refractivity contribution >= 4 is 35.8 Å². The highest BCUT2D eigenvalue weighted by atomic mass is 127. The Morgan fingerprint density at radius 1 is 1.30 bits per heavy atom. The van der Waals surface area contributed by atoms with E-state index in [1.165, 1.54) is 0 Å². The number of aliphatic imine (C=N–C) groups is 1. The summed E-state index contributed by atoms with van der Waals surface area (Å²) in [4.78, 5) is 16.7. The number of amides is 1. The number of rotatable bonds is 8. The average molecular weight is 532 g/mol. The predicted molar refractivity (Wildman–Crippen MR) is 132 cm³/mol. The van der Waals surface area contributed by atoms with E-state index < -0.39 is 0 Å². The minimum atomic E-state index is -0.259. The van der Waals surface area contributed by atoms with Crippen molar-refractivity contribution < 1.29 is 14.3 Å². The zero-order chi connectivity index (χ0) is 21.3. The molecule has 1 aromatic rings. The lowest BCUT2D eigenvalue weighted by Gasteiger charge is -2.21. The van der Waals surface area contributed by atoms with Gasteiger partial charge in [-0.1, -0.05) is 12.1 Å². The maximum Gasteiger partial charge on any atom is 0.239 e. The number of ether oxygens (including phenoxy) is 2. The van der Waals surface area contributed by atoms with Crippen LogP contribution < -0.4 is 20.7 Å². The van der Waals surface area contributed by atoms with Crippen molar-refractivity contribution in [3.05, 3.63) is 29.3 Å². The van der Waals surface area contributed by atoms with Crippen LogP contribution in [0.3, 0.4) is 0 Å². The predicted octanol–water partition coefficient (Wildman–Crippen LogP) is 3.14. The van der Waals surface area contributed by atoms with E-state index >= 15 is 0 Å². The van der Waals surface area contributed by atoms with Crippen LogP contribution >= 0.6 is 24.0 Å². The Morgan fingerprint density at radius 3 is 2.70 bits per heavy atom. The molecule has 0 bridgehead atoms. The number of halogens is 1. The molecule has 0 spiro atoms. The molecule has 7 nitrogen and oxygen atoms in total. The standard InChI is InChI=1S/C22H36N4O3.HI/c1-6-23-21(25-14-20(27)26-22(3,4)5)24-13-17-10-9-16(2)12-19(17)29-15-18-8-7-11-28-18;/h9-10,12,18H,6-8,11,13-15H2,1-5H3,(H,26,27)(H2,23,24,25);1H. The number of carbonyl (C=O) groups excluding carboxylic acids is 1. The quantitative estimate of drug-likeness (QED) is 0.272. The van der Waals surface area contributed by atoms with Gasteiger partial charge in [-0.25, -0.2) is 4.99 Å². The van der Waals surface area contributed by atoms with Crippen molar-refractivity contribution in [2.24, 2.45) is 4.99 Å². The number of carbonyl (C=O) groups is 1. The molecule has 1 unspecified atom stereocenters.